The number of imide groups is 1. The maximum atomic E-state index is 13.3. The monoisotopic (exact) mass is 505 g/mol. The second-order valence-corrected chi connectivity index (χ2v) is 9.81. The summed E-state index contributed by atoms with van der Waals surface area (Å²) in [6.45, 7) is 1.85. The molecular weight excluding hydrogens is 474 g/mol. The summed E-state index contributed by atoms with van der Waals surface area (Å²) in [6, 6.07) is 12.1. The topological polar surface area (TPSA) is 105 Å². The Hall–Kier alpha value is -3.72. The Morgan fingerprint density at radius 1 is 1.05 bits per heavy atom. The molecule has 0 bridgehead atoms. The van der Waals surface area contributed by atoms with Gasteiger partial charge in [0.25, 0.3) is 11.8 Å². The largest absolute Gasteiger partial charge is 0.491 e. The van der Waals surface area contributed by atoms with Gasteiger partial charge in [-0.1, -0.05) is 12.1 Å². The van der Waals surface area contributed by atoms with Crippen LogP contribution in [0.4, 0.5) is 0 Å². The third kappa shape index (κ3) is 5.22. The molecule has 2 atom stereocenters. The number of hydrogen-bond donors (Lipinski definition) is 1. The molecule has 4 amide bonds. The number of nitrogens with one attached hydrogen (secondary N) is 1. The lowest BCUT2D eigenvalue weighted by Gasteiger charge is -2.35. The molecule has 1 N–H and O–H groups in total. The minimum Gasteiger partial charge on any atom is -0.491 e. The van der Waals surface area contributed by atoms with Crippen molar-refractivity contribution in [3.8, 4) is 5.75 Å². The Kier molecular flexibility index (Phi) is 7.23. The van der Waals surface area contributed by atoms with E-state index in [1.54, 1.807) is 19.2 Å². The number of likely N-dealkylation sites (tertiary alicyclic amines) is 1. The van der Waals surface area contributed by atoms with E-state index >= 15 is 0 Å². The smallest absolute Gasteiger partial charge is 0.255 e. The molecule has 2 fully saturated rings. The number of nitrogens with zero attached hydrogens (tertiary/aromatic N) is 2. The van der Waals surface area contributed by atoms with Crippen LogP contribution in [0.15, 0.2) is 42.5 Å². The first-order chi connectivity index (χ1) is 17.9. The van der Waals surface area contributed by atoms with Crippen LogP contribution in [0.2, 0.25) is 0 Å². The van der Waals surface area contributed by atoms with Crippen LogP contribution in [0, 0.1) is 0 Å². The van der Waals surface area contributed by atoms with E-state index in [2.05, 4.69) is 5.32 Å². The number of piperidine rings is 2. The fraction of sp³-hybridized carbons (Fsp3) is 0.429. The molecule has 5 rings (SSSR count). The molecule has 9 nitrogen and oxygen atoms in total. The zero-order chi connectivity index (χ0) is 25.9. The molecule has 2 aromatic carbocycles. The Labute approximate surface area is 215 Å². The van der Waals surface area contributed by atoms with Gasteiger partial charge in [0.2, 0.25) is 11.8 Å². The lowest BCUT2D eigenvalue weighted by atomic mass is 10.0. The van der Waals surface area contributed by atoms with Crippen molar-refractivity contribution in [2.45, 2.75) is 57.3 Å². The summed E-state index contributed by atoms with van der Waals surface area (Å²) in [6.07, 6.45) is 3.40. The third-order valence-electron chi connectivity index (χ3n) is 7.34. The summed E-state index contributed by atoms with van der Waals surface area (Å²) in [7, 11) is 1.64. The van der Waals surface area contributed by atoms with E-state index in [-0.39, 0.29) is 30.2 Å². The number of methoxy groups -OCH3 is 1. The van der Waals surface area contributed by atoms with Crippen LogP contribution in [-0.4, -0.2) is 65.8 Å². The number of benzene rings is 2. The van der Waals surface area contributed by atoms with Gasteiger partial charge in [-0.3, -0.25) is 24.5 Å². The minimum absolute atomic E-state index is 0.00306. The average Bonchev–Trinajstić information content (AvgIpc) is 3.23. The van der Waals surface area contributed by atoms with Gasteiger partial charge in [-0.2, -0.15) is 0 Å². The molecule has 3 aliphatic rings. The highest BCUT2D eigenvalue weighted by molar-refractivity contribution is 6.05. The van der Waals surface area contributed by atoms with Crippen LogP contribution in [-0.2, 0) is 27.5 Å². The summed E-state index contributed by atoms with van der Waals surface area (Å²) >= 11 is 0. The number of amides is 4. The van der Waals surface area contributed by atoms with Crippen molar-refractivity contribution < 1.29 is 28.7 Å². The summed E-state index contributed by atoms with van der Waals surface area (Å²) in [4.78, 5) is 53.4. The zero-order valence-corrected chi connectivity index (χ0v) is 20.9. The molecule has 3 heterocycles. The Balaban J connectivity index is 1.23. The molecule has 1 unspecified atom stereocenters. The van der Waals surface area contributed by atoms with Crippen molar-refractivity contribution in [3.05, 3.63) is 64.7 Å². The van der Waals surface area contributed by atoms with E-state index in [1.165, 1.54) is 4.90 Å². The summed E-state index contributed by atoms with van der Waals surface area (Å²) in [5.74, 6) is -0.324. The molecule has 9 heteroatoms. The maximum Gasteiger partial charge on any atom is 0.255 e. The van der Waals surface area contributed by atoms with E-state index in [4.69, 9.17) is 9.47 Å². The van der Waals surface area contributed by atoms with Crippen molar-refractivity contribution in [1.82, 2.24) is 15.1 Å². The van der Waals surface area contributed by atoms with E-state index in [9.17, 15) is 19.2 Å². The fourth-order valence-corrected chi connectivity index (χ4v) is 5.35. The molecule has 0 aliphatic carbocycles. The second-order valence-electron chi connectivity index (χ2n) is 9.81. The molecule has 0 radical (unpaired) electrons. The van der Waals surface area contributed by atoms with Gasteiger partial charge in [0.15, 0.2) is 0 Å². The predicted molar refractivity (Wildman–Crippen MR) is 134 cm³/mol. The first-order valence-electron chi connectivity index (χ1n) is 12.7. The molecule has 37 heavy (non-hydrogen) atoms. The Bertz CT molecular complexity index is 1210. The maximum absolute atomic E-state index is 13.3. The molecule has 0 spiro atoms. The van der Waals surface area contributed by atoms with Crippen molar-refractivity contribution in [2.75, 3.05) is 20.3 Å². The van der Waals surface area contributed by atoms with Gasteiger partial charge in [0.05, 0.1) is 12.6 Å². The van der Waals surface area contributed by atoms with Gasteiger partial charge < -0.3 is 19.3 Å². The summed E-state index contributed by atoms with van der Waals surface area (Å²) in [5, 5.41) is 2.32. The highest BCUT2D eigenvalue weighted by Crippen LogP contribution is 2.30. The average molecular weight is 506 g/mol. The first-order valence-corrected chi connectivity index (χ1v) is 12.7. The van der Waals surface area contributed by atoms with Gasteiger partial charge in [0, 0.05) is 37.7 Å². The number of ether oxygens (including phenoxy) is 2. The minimum atomic E-state index is -0.646. The van der Waals surface area contributed by atoms with E-state index in [0.717, 1.165) is 30.4 Å². The lowest BCUT2D eigenvalue weighted by molar-refractivity contribution is -0.136. The van der Waals surface area contributed by atoms with Crippen molar-refractivity contribution >= 4 is 23.6 Å². The number of rotatable bonds is 7. The molecule has 3 aliphatic heterocycles. The van der Waals surface area contributed by atoms with Crippen LogP contribution < -0.4 is 10.1 Å². The number of hydrogen-bond acceptors (Lipinski definition) is 6. The summed E-state index contributed by atoms with van der Waals surface area (Å²) < 4.78 is 11.3. The van der Waals surface area contributed by atoms with Gasteiger partial charge in [-0.05, 0) is 67.1 Å². The zero-order valence-electron chi connectivity index (χ0n) is 20.9. The highest BCUT2D eigenvalue weighted by atomic mass is 16.5. The SMILES string of the molecule is COCc1ccc(C(=O)N2CCCC[C@@H]2COc2ccc3c(c2)CN(C2CCC(=O)NC2=O)C3=O)cc1. The summed E-state index contributed by atoms with van der Waals surface area (Å²) in [5.41, 5.74) is 3.00. The van der Waals surface area contributed by atoms with Crippen LogP contribution in [0.3, 0.4) is 0 Å². The highest BCUT2D eigenvalue weighted by Gasteiger charge is 2.39. The molecule has 0 saturated carbocycles. The van der Waals surface area contributed by atoms with Crippen molar-refractivity contribution in [1.29, 1.82) is 0 Å². The van der Waals surface area contributed by atoms with E-state index in [1.807, 2.05) is 35.2 Å². The molecular formula is C28H31N3O6. The second kappa shape index (κ2) is 10.7. The molecule has 194 valence electrons. The van der Waals surface area contributed by atoms with Gasteiger partial charge in [-0.25, -0.2) is 0 Å². The number of carbonyl (C=O) groups is 4. The van der Waals surface area contributed by atoms with Crippen LogP contribution >= 0.6 is 0 Å². The van der Waals surface area contributed by atoms with Crippen molar-refractivity contribution in [2.24, 2.45) is 0 Å². The Morgan fingerprint density at radius 2 is 1.86 bits per heavy atom. The van der Waals surface area contributed by atoms with Gasteiger partial charge >= 0.3 is 0 Å². The van der Waals surface area contributed by atoms with E-state index in [0.29, 0.717) is 49.6 Å². The standard InChI is InChI=1S/C28H31N3O6/c1-36-16-18-5-7-19(8-6-18)27(34)30-13-3-2-4-21(30)17-37-22-9-10-23-20(14-22)15-31(28(23)35)24-11-12-25(32)29-26(24)33/h5-10,14,21,24H,2-4,11-13,15-17H2,1H3,(H,29,32,33)/t21-,24?/m1/s1. The Morgan fingerprint density at radius 3 is 2.62 bits per heavy atom. The number of fused-ring (bicyclic) bond motifs is 1. The van der Waals surface area contributed by atoms with Crippen LogP contribution in [0.1, 0.15) is 63.9 Å². The first kappa shape index (κ1) is 25.0. The third-order valence-corrected chi connectivity index (χ3v) is 7.34. The lowest BCUT2D eigenvalue weighted by Crippen LogP contribution is -2.52. The molecule has 2 saturated heterocycles. The fourth-order valence-electron chi connectivity index (χ4n) is 5.35. The predicted octanol–water partition coefficient (Wildman–Crippen LogP) is 2.67. The van der Waals surface area contributed by atoms with Crippen LogP contribution in [0.25, 0.3) is 0 Å². The molecule has 0 aromatic heterocycles. The van der Waals surface area contributed by atoms with E-state index < -0.39 is 11.9 Å². The normalized spacial score (nSPS) is 21.6. The van der Waals surface area contributed by atoms with Gasteiger partial charge in [0.1, 0.15) is 18.4 Å². The molecule has 2 aromatic rings. The number of carbonyl (C=O) groups excluding carboxylic acids is 4. The quantitative estimate of drug-likeness (QED) is 0.580. The van der Waals surface area contributed by atoms with Gasteiger partial charge in [-0.15, -0.1) is 0 Å². The van der Waals surface area contributed by atoms with Crippen molar-refractivity contribution in [3.63, 3.8) is 0 Å². The van der Waals surface area contributed by atoms with Crippen LogP contribution in [0.5, 0.6) is 5.75 Å².